The Labute approximate surface area is 100 Å². The average molecular weight is 248 g/mol. The zero-order chi connectivity index (χ0) is 11.8. The number of tetrazole rings is 1. The largest absolute Gasteiger partial charge is 0.436 e. The Bertz CT molecular complexity index is 655. The third-order valence-electron chi connectivity index (χ3n) is 2.25. The molecule has 0 fully saturated rings. The van der Waals surface area contributed by atoms with E-state index < -0.39 is 0 Å². The van der Waals surface area contributed by atoms with Crippen LogP contribution in [0.4, 0.5) is 0 Å². The van der Waals surface area contributed by atoms with Crippen molar-refractivity contribution in [1.29, 1.82) is 0 Å². The van der Waals surface area contributed by atoms with Crippen molar-refractivity contribution in [3.05, 3.63) is 23.6 Å². The van der Waals surface area contributed by atoms with Gasteiger partial charge >= 0.3 is 0 Å². The minimum Gasteiger partial charge on any atom is -0.436 e. The molecule has 0 bridgehead atoms. The SMILES string of the molecule is Cc1nc(Sc2ccc3nnnn3n2)oc1C. The summed E-state index contributed by atoms with van der Waals surface area (Å²) < 4.78 is 6.83. The first-order valence-corrected chi connectivity index (χ1v) is 5.71. The van der Waals surface area contributed by atoms with E-state index in [0.717, 1.165) is 16.5 Å². The molecule has 0 aliphatic carbocycles. The normalized spacial score (nSPS) is 11.2. The molecule has 86 valence electrons. The van der Waals surface area contributed by atoms with Gasteiger partial charge in [-0.3, -0.25) is 0 Å². The minimum absolute atomic E-state index is 0.569. The van der Waals surface area contributed by atoms with Gasteiger partial charge in [0, 0.05) is 0 Å². The predicted octanol–water partition coefficient (Wildman–Crippen LogP) is 1.28. The Morgan fingerprint density at radius 1 is 1.29 bits per heavy atom. The summed E-state index contributed by atoms with van der Waals surface area (Å²) in [4.78, 5) is 4.27. The molecule has 17 heavy (non-hydrogen) atoms. The quantitative estimate of drug-likeness (QED) is 0.675. The average Bonchev–Trinajstić information content (AvgIpc) is 2.86. The summed E-state index contributed by atoms with van der Waals surface area (Å²) in [5, 5.41) is 16.5. The molecule has 0 N–H and O–H groups in total. The van der Waals surface area contributed by atoms with Crippen molar-refractivity contribution in [2.24, 2.45) is 0 Å². The van der Waals surface area contributed by atoms with Crippen molar-refractivity contribution in [3.63, 3.8) is 0 Å². The Kier molecular flexibility index (Phi) is 2.29. The van der Waals surface area contributed by atoms with Crippen LogP contribution in [0.25, 0.3) is 5.65 Å². The first-order chi connectivity index (χ1) is 8.22. The van der Waals surface area contributed by atoms with E-state index in [1.807, 2.05) is 19.9 Å². The molecule has 8 heteroatoms. The van der Waals surface area contributed by atoms with E-state index in [1.165, 1.54) is 16.4 Å². The summed E-state index contributed by atoms with van der Waals surface area (Å²) in [5.74, 6) is 0.816. The molecule has 0 aromatic carbocycles. The lowest BCUT2D eigenvalue weighted by atomic mass is 10.4. The highest BCUT2D eigenvalue weighted by Crippen LogP contribution is 2.26. The van der Waals surface area contributed by atoms with Crippen LogP contribution in [0.2, 0.25) is 0 Å². The fraction of sp³-hybridized carbons (Fsp3) is 0.222. The second kappa shape index (κ2) is 3.81. The molecule has 0 saturated carbocycles. The maximum atomic E-state index is 5.46. The number of hydrogen-bond acceptors (Lipinski definition) is 7. The molecule has 3 rings (SSSR count). The topological polar surface area (TPSA) is 82.0 Å². The van der Waals surface area contributed by atoms with Crippen molar-refractivity contribution in [1.82, 2.24) is 30.2 Å². The van der Waals surface area contributed by atoms with Crippen molar-refractivity contribution in [2.45, 2.75) is 24.1 Å². The molecule has 0 unspecified atom stereocenters. The van der Waals surface area contributed by atoms with Gasteiger partial charge in [0.25, 0.3) is 5.22 Å². The Morgan fingerprint density at radius 3 is 2.94 bits per heavy atom. The third kappa shape index (κ3) is 1.86. The van der Waals surface area contributed by atoms with E-state index in [0.29, 0.717) is 10.9 Å². The van der Waals surface area contributed by atoms with Gasteiger partial charge < -0.3 is 4.42 Å². The molecule has 0 spiro atoms. The second-order valence-corrected chi connectivity index (χ2v) is 4.39. The monoisotopic (exact) mass is 248 g/mol. The highest BCUT2D eigenvalue weighted by Gasteiger charge is 2.09. The van der Waals surface area contributed by atoms with Gasteiger partial charge in [-0.2, -0.15) is 0 Å². The molecule has 0 saturated heterocycles. The van der Waals surface area contributed by atoms with Gasteiger partial charge in [0.15, 0.2) is 5.65 Å². The van der Waals surface area contributed by atoms with Gasteiger partial charge in [-0.25, -0.2) is 4.98 Å². The molecule has 0 radical (unpaired) electrons. The molecule has 3 heterocycles. The minimum atomic E-state index is 0.569. The van der Waals surface area contributed by atoms with Crippen molar-refractivity contribution < 1.29 is 4.42 Å². The van der Waals surface area contributed by atoms with Crippen molar-refractivity contribution in [2.75, 3.05) is 0 Å². The first kappa shape index (κ1) is 10.2. The maximum absolute atomic E-state index is 5.46. The summed E-state index contributed by atoms with van der Waals surface area (Å²) in [6, 6.07) is 3.61. The highest BCUT2D eigenvalue weighted by atomic mass is 32.2. The number of oxazole rings is 1. The van der Waals surface area contributed by atoms with Gasteiger partial charge in [-0.15, -0.1) is 14.8 Å². The number of rotatable bonds is 2. The van der Waals surface area contributed by atoms with Crippen LogP contribution in [0.1, 0.15) is 11.5 Å². The van der Waals surface area contributed by atoms with Crippen molar-refractivity contribution in [3.8, 4) is 0 Å². The Hall–Kier alpha value is -1.96. The van der Waals surface area contributed by atoms with Gasteiger partial charge in [-0.1, -0.05) is 0 Å². The number of aryl methyl sites for hydroxylation is 2. The molecule has 3 aromatic heterocycles. The second-order valence-electron chi connectivity index (χ2n) is 3.42. The molecule has 0 aliphatic heterocycles. The molecular formula is C9H8N6OS. The predicted molar refractivity (Wildman–Crippen MR) is 58.7 cm³/mol. The van der Waals surface area contributed by atoms with Crippen LogP contribution in [0.5, 0.6) is 0 Å². The van der Waals surface area contributed by atoms with Crippen LogP contribution in [0, 0.1) is 13.8 Å². The summed E-state index contributed by atoms with van der Waals surface area (Å²) in [6.07, 6.45) is 0. The molecule has 7 nitrogen and oxygen atoms in total. The Morgan fingerprint density at radius 2 is 2.18 bits per heavy atom. The van der Waals surface area contributed by atoms with Gasteiger partial charge in [0.2, 0.25) is 0 Å². The molecule has 0 aliphatic rings. The first-order valence-electron chi connectivity index (χ1n) is 4.90. The van der Waals surface area contributed by atoms with Gasteiger partial charge in [0.05, 0.1) is 5.69 Å². The van der Waals surface area contributed by atoms with Crippen LogP contribution >= 0.6 is 11.8 Å². The zero-order valence-electron chi connectivity index (χ0n) is 9.15. The van der Waals surface area contributed by atoms with Gasteiger partial charge in [0.1, 0.15) is 10.8 Å². The van der Waals surface area contributed by atoms with Crippen LogP contribution in [0.15, 0.2) is 26.8 Å². The molecule has 0 atom stereocenters. The fourth-order valence-corrected chi connectivity index (χ4v) is 2.05. The highest BCUT2D eigenvalue weighted by molar-refractivity contribution is 7.99. The third-order valence-corrected chi connectivity index (χ3v) is 3.02. The molecular weight excluding hydrogens is 240 g/mol. The lowest BCUT2D eigenvalue weighted by Crippen LogP contribution is -1.95. The van der Waals surface area contributed by atoms with Crippen LogP contribution in [0.3, 0.4) is 0 Å². The number of hydrogen-bond donors (Lipinski definition) is 0. The lowest BCUT2D eigenvalue weighted by Gasteiger charge is -1.95. The summed E-state index contributed by atoms with van der Waals surface area (Å²) in [6.45, 7) is 3.78. The smallest absolute Gasteiger partial charge is 0.262 e. The zero-order valence-corrected chi connectivity index (χ0v) is 9.97. The standard InChI is InChI=1S/C9H8N6OS/c1-5-6(2)16-9(10-5)17-8-4-3-7-11-13-14-15(7)12-8/h3-4H,1-2H3. The van der Waals surface area contributed by atoms with Crippen LogP contribution < -0.4 is 0 Å². The number of aromatic nitrogens is 6. The van der Waals surface area contributed by atoms with E-state index in [-0.39, 0.29) is 0 Å². The number of fused-ring (bicyclic) bond motifs is 1. The lowest BCUT2D eigenvalue weighted by molar-refractivity contribution is 0.430. The van der Waals surface area contributed by atoms with Crippen LogP contribution in [-0.4, -0.2) is 30.2 Å². The van der Waals surface area contributed by atoms with E-state index in [9.17, 15) is 0 Å². The summed E-state index contributed by atoms with van der Waals surface area (Å²) in [5.41, 5.74) is 1.49. The molecule has 3 aromatic rings. The number of nitrogens with zero attached hydrogens (tertiary/aromatic N) is 6. The van der Waals surface area contributed by atoms with Crippen LogP contribution in [-0.2, 0) is 0 Å². The van der Waals surface area contributed by atoms with E-state index in [1.54, 1.807) is 6.07 Å². The maximum Gasteiger partial charge on any atom is 0.262 e. The Balaban J connectivity index is 1.93. The summed E-state index contributed by atoms with van der Waals surface area (Å²) >= 11 is 1.34. The van der Waals surface area contributed by atoms with Gasteiger partial charge in [-0.05, 0) is 48.2 Å². The van der Waals surface area contributed by atoms with E-state index in [2.05, 4.69) is 25.6 Å². The van der Waals surface area contributed by atoms with Crippen molar-refractivity contribution >= 4 is 17.4 Å². The fourth-order valence-electron chi connectivity index (χ4n) is 1.26. The van der Waals surface area contributed by atoms with E-state index in [4.69, 9.17) is 4.42 Å². The summed E-state index contributed by atoms with van der Waals surface area (Å²) in [7, 11) is 0. The molecule has 0 amide bonds. The van der Waals surface area contributed by atoms with E-state index >= 15 is 0 Å².